The molecule has 2 spiro atoms. The van der Waals surface area contributed by atoms with Crippen molar-refractivity contribution in [2.24, 2.45) is 11.3 Å². The standard InChI is InChI=1S/C40H46N4O2/c1-4-25-23-42-20-17-38-24-43-31-14-16-37(5-2)15-9-19-41-21-18-39(31,36(37)41)28-11-8-12-29(34(28)43)40(38)32(42)22-26(25)33(35(45)46-3)44(40)30-13-7-6-10-27(30)38/h4,6-13,15,26,31-33,36H,5,14,16-24H2,1-3H3/t26-,31+,32+,33-,36+,37-,38+,39-,40-/m1/s1. The third-order valence-corrected chi connectivity index (χ3v) is 15.5. The van der Waals surface area contributed by atoms with E-state index < -0.39 is 0 Å². The van der Waals surface area contributed by atoms with Gasteiger partial charge in [-0.2, -0.15) is 0 Å². The molecular weight excluding hydrogens is 568 g/mol. The van der Waals surface area contributed by atoms with Gasteiger partial charge in [-0.05, 0) is 75.7 Å². The minimum atomic E-state index is -0.321. The molecule has 2 aromatic carbocycles. The van der Waals surface area contributed by atoms with Crippen molar-refractivity contribution in [1.82, 2.24) is 9.80 Å². The summed E-state index contributed by atoms with van der Waals surface area (Å²) in [7, 11) is 1.60. The van der Waals surface area contributed by atoms with E-state index in [4.69, 9.17) is 4.74 Å². The average Bonchev–Trinajstić information content (AvgIpc) is 3.72. The zero-order chi connectivity index (χ0) is 30.8. The lowest BCUT2D eigenvalue weighted by Gasteiger charge is -2.70. The van der Waals surface area contributed by atoms with Gasteiger partial charge >= 0.3 is 5.97 Å². The van der Waals surface area contributed by atoms with Crippen LogP contribution >= 0.6 is 0 Å². The van der Waals surface area contributed by atoms with Crippen LogP contribution in [-0.2, 0) is 25.9 Å². The van der Waals surface area contributed by atoms with Crippen LogP contribution in [0.3, 0.4) is 0 Å². The van der Waals surface area contributed by atoms with Crippen LogP contribution in [0.15, 0.2) is 66.3 Å². The number of nitrogens with zero attached hydrogens (tertiary/aromatic N) is 4. The highest BCUT2D eigenvalue weighted by Gasteiger charge is 2.79. The summed E-state index contributed by atoms with van der Waals surface area (Å²) in [6.45, 7) is 10.0. The van der Waals surface area contributed by atoms with Gasteiger partial charge in [-0.3, -0.25) is 9.80 Å². The van der Waals surface area contributed by atoms with Gasteiger partial charge in [0.1, 0.15) is 6.04 Å². The Morgan fingerprint density at radius 2 is 1.83 bits per heavy atom. The van der Waals surface area contributed by atoms with Crippen LogP contribution in [0.1, 0.15) is 69.1 Å². The molecule has 46 heavy (non-hydrogen) atoms. The number of methoxy groups -OCH3 is 1. The fraction of sp³-hybridized carbons (Fsp3) is 0.575. The summed E-state index contributed by atoms with van der Waals surface area (Å²) in [6.07, 6.45) is 14.6. The van der Waals surface area contributed by atoms with E-state index in [1.807, 2.05) is 0 Å². The van der Waals surface area contributed by atoms with Crippen molar-refractivity contribution in [2.45, 2.75) is 92.9 Å². The number of allylic oxidation sites excluding steroid dienone is 1. The van der Waals surface area contributed by atoms with Crippen LogP contribution in [0.25, 0.3) is 0 Å². The Labute approximate surface area is 273 Å². The summed E-state index contributed by atoms with van der Waals surface area (Å²) in [6, 6.07) is 17.8. The molecule has 6 heteroatoms. The number of piperidine rings is 3. The molecule has 1 saturated carbocycles. The van der Waals surface area contributed by atoms with Gasteiger partial charge in [0.05, 0.1) is 12.6 Å². The monoisotopic (exact) mass is 614 g/mol. The number of rotatable bonds is 2. The highest BCUT2D eigenvalue weighted by molar-refractivity contribution is 5.89. The SMILES string of the molecule is CC=C1CN2CC[C@@]34CN5c6c(cccc6[C@@]36[C@@H]2C[C@H]1[C@H](C(=O)OC)N6c1ccccc14)[C@]12CCN3CC=C[C@](CC)(CC[C@H]51)[C@H]32. The first-order valence-electron chi connectivity index (χ1n) is 18.2. The number of benzene rings is 2. The molecule has 8 heterocycles. The first-order chi connectivity index (χ1) is 22.5. The second-order valence-corrected chi connectivity index (χ2v) is 16.2. The normalized spacial score (nSPS) is 44.4. The minimum absolute atomic E-state index is 0.0720. The summed E-state index contributed by atoms with van der Waals surface area (Å²) in [5.41, 5.74) is 8.87. The Morgan fingerprint density at radius 3 is 2.67 bits per heavy atom. The number of esters is 1. The van der Waals surface area contributed by atoms with E-state index in [0.29, 0.717) is 18.1 Å². The second kappa shape index (κ2) is 8.49. The largest absolute Gasteiger partial charge is 0.467 e. The van der Waals surface area contributed by atoms with E-state index in [1.54, 1.807) is 18.4 Å². The summed E-state index contributed by atoms with van der Waals surface area (Å²) >= 11 is 0. The fourth-order valence-corrected chi connectivity index (χ4v) is 14.2. The lowest BCUT2D eigenvalue weighted by atomic mass is 9.50. The molecule has 0 aromatic heterocycles. The number of ether oxygens (including phenoxy) is 1. The van der Waals surface area contributed by atoms with Gasteiger partial charge in [-0.25, -0.2) is 4.79 Å². The Morgan fingerprint density at radius 1 is 1.00 bits per heavy atom. The van der Waals surface area contributed by atoms with Crippen molar-refractivity contribution in [3.63, 3.8) is 0 Å². The summed E-state index contributed by atoms with van der Waals surface area (Å²) in [5.74, 6) is 0.0991. The smallest absolute Gasteiger partial charge is 0.329 e. The Bertz CT molecular complexity index is 1780. The van der Waals surface area contributed by atoms with Crippen molar-refractivity contribution in [2.75, 3.05) is 49.6 Å². The zero-order valence-electron chi connectivity index (χ0n) is 27.5. The van der Waals surface area contributed by atoms with Gasteiger partial charge in [0, 0.05) is 76.9 Å². The minimum Gasteiger partial charge on any atom is -0.467 e. The zero-order valence-corrected chi connectivity index (χ0v) is 27.5. The number of fused-ring (bicyclic) bond motifs is 4. The highest BCUT2D eigenvalue weighted by atomic mass is 16.5. The molecular formula is C40H46N4O2. The third-order valence-electron chi connectivity index (χ3n) is 15.5. The van der Waals surface area contributed by atoms with Crippen LogP contribution in [-0.4, -0.2) is 79.8 Å². The predicted molar refractivity (Wildman–Crippen MR) is 180 cm³/mol. The number of carbonyl (C=O) groups is 1. The molecule has 1 aliphatic carbocycles. The Hall–Kier alpha value is -3.09. The number of anilines is 2. The number of para-hydroxylation sites is 2. The van der Waals surface area contributed by atoms with Crippen LogP contribution in [0.5, 0.6) is 0 Å². The van der Waals surface area contributed by atoms with Crippen LogP contribution in [0.4, 0.5) is 11.4 Å². The average molecular weight is 615 g/mol. The van der Waals surface area contributed by atoms with E-state index in [9.17, 15) is 4.79 Å². The van der Waals surface area contributed by atoms with Gasteiger partial charge in [0.15, 0.2) is 0 Å². The number of hydrogen-bond donors (Lipinski definition) is 0. The molecule has 0 unspecified atom stereocenters. The molecule has 9 aliphatic rings. The van der Waals surface area contributed by atoms with Crippen LogP contribution in [0, 0.1) is 11.3 Å². The molecule has 0 amide bonds. The molecule has 5 fully saturated rings. The van der Waals surface area contributed by atoms with Crippen LogP contribution in [0.2, 0.25) is 0 Å². The van der Waals surface area contributed by atoms with Crippen molar-refractivity contribution in [3.05, 3.63) is 83.0 Å². The van der Waals surface area contributed by atoms with Crippen LogP contribution < -0.4 is 9.80 Å². The maximum atomic E-state index is 14.2. The quantitative estimate of drug-likeness (QED) is 0.328. The molecule has 11 rings (SSSR count). The van der Waals surface area contributed by atoms with Gasteiger partial charge in [0.25, 0.3) is 0 Å². The van der Waals surface area contributed by atoms with Gasteiger partial charge in [0.2, 0.25) is 0 Å². The van der Waals surface area contributed by atoms with Crippen molar-refractivity contribution < 1.29 is 9.53 Å². The molecule has 2 bridgehead atoms. The maximum Gasteiger partial charge on any atom is 0.329 e. The molecule has 6 nitrogen and oxygen atoms in total. The summed E-state index contributed by atoms with van der Waals surface area (Å²) in [4.78, 5) is 25.6. The highest BCUT2D eigenvalue weighted by Crippen LogP contribution is 2.74. The number of hydrogen-bond acceptors (Lipinski definition) is 6. The van der Waals surface area contributed by atoms with Gasteiger partial charge < -0.3 is 14.5 Å². The lowest BCUT2D eigenvalue weighted by molar-refractivity contribution is -0.148. The van der Waals surface area contributed by atoms with Crippen molar-refractivity contribution in [3.8, 4) is 0 Å². The molecule has 9 atom stereocenters. The van der Waals surface area contributed by atoms with Gasteiger partial charge in [-0.15, -0.1) is 0 Å². The maximum absolute atomic E-state index is 14.2. The predicted octanol–water partition coefficient (Wildman–Crippen LogP) is 5.51. The van der Waals surface area contributed by atoms with Crippen molar-refractivity contribution >= 4 is 17.3 Å². The second-order valence-electron chi connectivity index (χ2n) is 16.2. The van der Waals surface area contributed by atoms with Crippen molar-refractivity contribution in [1.29, 1.82) is 0 Å². The van der Waals surface area contributed by atoms with E-state index in [1.165, 1.54) is 54.6 Å². The molecule has 4 saturated heterocycles. The summed E-state index contributed by atoms with van der Waals surface area (Å²) < 4.78 is 5.75. The molecule has 0 radical (unpaired) electrons. The molecule has 2 aromatic rings. The Kier molecular flexibility index (Phi) is 4.97. The molecule has 0 N–H and O–H groups in total. The third kappa shape index (κ3) is 2.55. The van der Waals surface area contributed by atoms with Gasteiger partial charge in [-0.1, -0.05) is 67.1 Å². The first-order valence-corrected chi connectivity index (χ1v) is 18.2. The van der Waals surface area contributed by atoms with E-state index in [2.05, 4.69) is 94.1 Å². The van der Waals surface area contributed by atoms with E-state index in [0.717, 1.165) is 39.0 Å². The molecule has 238 valence electrons. The topological polar surface area (TPSA) is 39.3 Å². The summed E-state index contributed by atoms with van der Waals surface area (Å²) in [5, 5.41) is 0. The van der Waals surface area contributed by atoms with E-state index >= 15 is 0 Å². The van der Waals surface area contributed by atoms with E-state index in [-0.39, 0.29) is 39.7 Å². The lowest BCUT2D eigenvalue weighted by Crippen LogP contribution is -2.81. The Balaban J connectivity index is 1.22. The fourth-order valence-electron chi connectivity index (χ4n) is 14.2. The first kappa shape index (κ1) is 26.9. The number of carbonyl (C=O) groups excluding carboxylic acids is 1. The molecule has 8 aliphatic heterocycles.